The third kappa shape index (κ3) is 2.76. The van der Waals surface area contributed by atoms with E-state index in [-0.39, 0.29) is 12.1 Å². The maximum atomic E-state index is 6.04. The molecule has 0 bridgehead atoms. The minimum atomic E-state index is 0.148. The van der Waals surface area contributed by atoms with Gasteiger partial charge in [0, 0.05) is 10.6 Å². The smallest absolute Gasteiger partial charge is 0.133 e. The number of rotatable bonds is 4. The van der Waals surface area contributed by atoms with E-state index < -0.39 is 0 Å². The second-order valence-corrected chi connectivity index (χ2v) is 5.55. The number of nitrogens with one attached hydrogen (secondary N) is 1. The van der Waals surface area contributed by atoms with Crippen molar-refractivity contribution in [2.75, 3.05) is 5.75 Å². The molecule has 1 aliphatic heterocycles. The lowest BCUT2D eigenvalue weighted by molar-refractivity contribution is 0.135. The van der Waals surface area contributed by atoms with Gasteiger partial charge in [0.25, 0.3) is 0 Å². The number of hydrogen-bond acceptors (Lipinski definition) is 4. The number of fused-ring (bicyclic) bond motifs is 1. The van der Waals surface area contributed by atoms with Gasteiger partial charge in [0.2, 0.25) is 0 Å². The van der Waals surface area contributed by atoms with Crippen LogP contribution < -0.4 is 16.0 Å². The van der Waals surface area contributed by atoms with E-state index in [1.54, 1.807) is 0 Å². The minimum Gasteiger partial charge on any atom is -0.487 e. The van der Waals surface area contributed by atoms with E-state index in [2.05, 4.69) is 25.3 Å². The van der Waals surface area contributed by atoms with Gasteiger partial charge in [0.15, 0.2) is 0 Å². The molecule has 1 aromatic rings. The van der Waals surface area contributed by atoms with E-state index in [1.807, 2.05) is 30.0 Å². The largest absolute Gasteiger partial charge is 0.487 e. The van der Waals surface area contributed by atoms with Crippen LogP contribution in [0.5, 0.6) is 5.75 Å². The lowest BCUT2D eigenvalue weighted by atomic mass is 9.95. The number of nitrogens with two attached hydrogens (primary N) is 1. The van der Waals surface area contributed by atoms with E-state index in [0.29, 0.717) is 5.92 Å². The molecule has 4 heteroatoms. The highest BCUT2D eigenvalue weighted by molar-refractivity contribution is 7.99. The Hall–Kier alpha value is -0.710. The molecule has 0 fully saturated rings. The second-order valence-electron chi connectivity index (χ2n) is 4.49. The third-order valence-electron chi connectivity index (χ3n) is 3.38. The summed E-state index contributed by atoms with van der Waals surface area (Å²) in [5.74, 6) is 8.11. The fourth-order valence-corrected chi connectivity index (χ4v) is 3.16. The number of ether oxygens (including phenoxy) is 1. The van der Waals surface area contributed by atoms with Crippen molar-refractivity contribution >= 4 is 11.8 Å². The molecular weight excluding hydrogens is 232 g/mol. The molecular formula is C13H20N2OS. The van der Waals surface area contributed by atoms with Gasteiger partial charge >= 0.3 is 0 Å². The summed E-state index contributed by atoms with van der Waals surface area (Å²) in [4.78, 5) is 1.23. The van der Waals surface area contributed by atoms with Crippen molar-refractivity contribution in [3.63, 3.8) is 0 Å². The van der Waals surface area contributed by atoms with Crippen molar-refractivity contribution in [1.29, 1.82) is 0 Å². The fraction of sp³-hybridized carbons (Fsp3) is 0.538. The van der Waals surface area contributed by atoms with Gasteiger partial charge in [-0.1, -0.05) is 32.4 Å². The van der Waals surface area contributed by atoms with Gasteiger partial charge in [-0.2, -0.15) is 0 Å². The van der Waals surface area contributed by atoms with Crippen LogP contribution in [0, 0.1) is 5.92 Å². The summed E-state index contributed by atoms with van der Waals surface area (Å²) in [5.41, 5.74) is 2.91. The third-order valence-corrected chi connectivity index (χ3v) is 4.52. The van der Waals surface area contributed by atoms with Gasteiger partial charge in [-0.25, -0.2) is 0 Å². The van der Waals surface area contributed by atoms with E-state index in [4.69, 9.17) is 10.6 Å². The predicted molar refractivity (Wildman–Crippen MR) is 72.1 cm³/mol. The van der Waals surface area contributed by atoms with Crippen LogP contribution in [0.4, 0.5) is 0 Å². The number of thioether (sulfide) groups is 1. The monoisotopic (exact) mass is 252 g/mol. The molecule has 0 spiro atoms. The topological polar surface area (TPSA) is 47.3 Å². The molecule has 17 heavy (non-hydrogen) atoms. The van der Waals surface area contributed by atoms with Gasteiger partial charge < -0.3 is 4.74 Å². The molecule has 0 radical (unpaired) electrons. The molecule has 94 valence electrons. The van der Waals surface area contributed by atoms with Crippen molar-refractivity contribution in [1.82, 2.24) is 5.43 Å². The van der Waals surface area contributed by atoms with Crippen molar-refractivity contribution in [2.45, 2.75) is 37.3 Å². The lowest BCUT2D eigenvalue weighted by Crippen LogP contribution is -2.52. The molecule has 0 saturated carbocycles. The first-order chi connectivity index (χ1) is 8.26. The molecule has 1 aromatic carbocycles. The van der Waals surface area contributed by atoms with Crippen molar-refractivity contribution in [3.05, 3.63) is 24.3 Å². The maximum Gasteiger partial charge on any atom is 0.133 e. The summed E-state index contributed by atoms with van der Waals surface area (Å²) in [6, 6.07) is 8.39. The van der Waals surface area contributed by atoms with Crippen molar-refractivity contribution in [3.8, 4) is 5.75 Å². The number of hydrazine groups is 1. The Bertz CT molecular complexity index is 372. The molecule has 0 aliphatic carbocycles. The fourth-order valence-electron chi connectivity index (χ4n) is 2.10. The molecule has 3 unspecified atom stereocenters. The van der Waals surface area contributed by atoms with Crippen LogP contribution in [0.3, 0.4) is 0 Å². The average Bonchev–Trinajstić information content (AvgIpc) is 2.39. The van der Waals surface area contributed by atoms with Crippen LogP contribution in [-0.4, -0.2) is 17.9 Å². The minimum absolute atomic E-state index is 0.148. The molecule has 3 atom stereocenters. The van der Waals surface area contributed by atoms with E-state index in [0.717, 1.165) is 17.9 Å². The van der Waals surface area contributed by atoms with Crippen LogP contribution in [0.15, 0.2) is 29.2 Å². The lowest BCUT2D eigenvalue weighted by Gasteiger charge is -2.34. The molecule has 3 N–H and O–H groups in total. The van der Waals surface area contributed by atoms with Gasteiger partial charge in [-0.05, 0) is 18.1 Å². The zero-order chi connectivity index (χ0) is 12.3. The summed E-state index contributed by atoms with van der Waals surface area (Å²) in [5, 5.41) is 0. The quantitative estimate of drug-likeness (QED) is 0.638. The summed E-state index contributed by atoms with van der Waals surface area (Å²) in [7, 11) is 0. The zero-order valence-electron chi connectivity index (χ0n) is 10.3. The van der Waals surface area contributed by atoms with E-state index >= 15 is 0 Å². The van der Waals surface area contributed by atoms with Gasteiger partial charge in [-0.15, -0.1) is 11.8 Å². The van der Waals surface area contributed by atoms with Crippen LogP contribution in [0.2, 0.25) is 0 Å². The molecule has 3 nitrogen and oxygen atoms in total. The average molecular weight is 252 g/mol. The Morgan fingerprint density at radius 2 is 2.29 bits per heavy atom. The Kier molecular flexibility index (Phi) is 4.31. The van der Waals surface area contributed by atoms with Crippen LogP contribution in [0.1, 0.15) is 20.3 Å². The predicted octanol–water partition coefficient (Wildman–Crippen LogP) is 2.42. The summed E-state index contributed by atoms with van der Waals surface area (Å²) < 4.78 is 6.04. The first-order valence-corrected chi connectivity index (χ1v) is 7.09. The Labute approximate surface area is 107 Å². The second kappa shape index (κ2) is 5.76. The SMILES string of the molecule is CCC(C)C(NN)C1CSc2ccccc2O1. The first kappa shape index (κ1) is 12.7. The van der Waals surface area contributed by atoms with E-state index in [1.165, 1.54) is 4.90 Å². The number of para-hydroxylation sites is 1. The number of benzene rings is 1. The van der Waals surface area contributed by atoms with Gasteiger partial charge in [0.1, 0.15) is 11.9 Å². The van der Waals surface area contributed by atoms with Crippen LogP contribution >= 0.6 is 11.8 Å². The Balaban J connectivity index is 2.10. The standard InChI is InChI=1S/C13H20N2OS/c1-3-9(2)13(15-14)11-8-17-12-7-5-4-6-10(12)16-11/h4-7,9,11,13,15H,3,8,14H2,1-2H3. The summed E-state index contributed by atoms with van der Waals surface area (Å²) in [6.45, 7) is 4.39. The molecule has 1 aliphatic rings. The van der Waals surface area contributed by atoms with Crippen LogP contribution in [-0.2, 0) is 0 Å². The Morgan fingerprint density at radius 1 is 1.53 bits per heavy atom. The normalized spacial score (nSPS) is 22.4. The van der Waals surface area contributed by atoms with Gasteiger partial charge in [0.05, 0.1) is 6.04 Å². The van der Waals surface area contributed by atoms with E-state index in [9.17, 15) is 0 Å². The molecule has 0 saturated heterocycles. The summed E-state index contributed by atoms with van der Waals surface area (Å²) in [6.07, 6.45) is 1.25. The highest BCUT2D eigenvalue weighted by atomic mass is 32.2. The molecule has 2 rings (SSSR count). The zero-order valence-corrected chi connectivity index (χ0v) is 11.2. The van der Waals surface area contributed by atoms with Crippen molar-refractivity contribution < 1.29 is 4.74 Å². The Morgan fingerprint density at radius 3 is 3.00 bits per heavy atom. The molecule has 1 heterocycles. The highest BCUT2D eigenvalue weighted by Crippen LogP contribution is 2.36. The van der Waals surface area contributed by atoms with Gasteiger partial charge in [-0.3, -0.25) is 11.3 Å². The van der Waals surface area contributed by atoms with Crippen LogP contribution in [0.25, 0.3) is 0 Å². The molecule has 0 aromatic heterocycles. The number of hydrogen-bond donors (Lipinski definition) is 2. The van der Waals surface area contributed by atoms with Crippen molar-refractivity contribution in [2.24, 2.45) is 11.8 Å². The maximum absolute atomic E-state index is 6.04. The summed E-state index contributed by atoms with van der Waals surface area (Å²) >= 11 is 1.85. The first-order valence-electron chi connectivity index (χ1n) is 6.10. The molecule has 0 amide bonds. The highest BCUT2D eigenvalue weighted by Gasteiger charge is 2.30.